The van der Waals surface area contributed by atoms with Crippen LogP contribution in [0.3, 0.4) is 0 Å². The molecule has 0 spiro atoms. The zero-order valence-corrected chi connectivity index (χ0v) is 36.6. The molecule has 0 bridgehead atoms. The number of benzene rings is 8. The molecule has 11 rings (SSSR count). The molecule has 12 nitrogen and oxygen atoms in total. The van der Waals surface area contributed by atoms with Gasteiger partial charge in [0.15, 0.2) is 0 Å². The molecule has 2 heterocycles. The Morgan fingerprint density at radius 2 is 0.638 bits per heavy atom. The van der Waals surface area contributed by atoms with Gasteiger partial charge in [0.1, 0.15) is 81.2 Å². The molecule has 1 aliphatic carbocycles. The lowest BCUT2D eigenvalue weighted by Crippen LogP contribution is -2.18. The Bertz CT molecular complexity index is 3200. The topological polar surface area (TPSA) is 221 Å². The van der Waals surface area contributed by atoms with Crippen molar-refractivity contribution in [2.45, 2.75) is 54.1 Å². The van der Waals surface area contributed by atoms with Crippen LogP contribution in [0.1, 0.15) is 110 Å². The van der Waals surface area contributed by atoms with Crippen LogP contribution in [-0.4, -0.2) is 51.1 Å². The summed E-state index contributed by atoms with van der Waals surface area (Å²) in [6.07, 6.45) is -1.21. The molecule has 1 saturated carbocycles. The summed E-state index contributed by atoms with van der Waals surface area (Å²) < 4.78 is 13.8. The number of phenols is 10. The maximum atomic E-state index is 11.8. The standard InChI is InChI=1S/C57H46O12/c58-34-9-1-28(2-10-34)50-44(32-17-38(62)21-39(63)18-32)27-46(51(50)29-3-11-35(59)12-4-29)45-23-42(66)25-48-53(45)55(57(69-48)31-7-15-37(61)16-8-31)47-24-43(67)26-49-54(47)52(33-19-40(64)22-41(65)20-33)56(68-49)30-5-13-36(60)14-6-30/h1-26,44,46,50-52,55-67H,27H2/t44-,46+,50-,51-,52-,55+,56+,57-/m1/s1. The largest absolute Gasteiger partial charge is 0.508 e. The van der Waals surface area contributed by atoms with Gasteiger partial charge < -0.3 is 60.5 Å². The Morgan fingerprint density at radius 1 is 0.290 bits per heavy atom. The van der Waals surface area contributed by atoms with Crippen LogP contribution in [0.25, 0.3) is 0 Å². The Morgan fingerprint density at radius 3 is 1.09 bits per heavy atom. The quantitative estimate of drug-likeness (QED) is 0.0688. The molecule has 0 saturated heterocycles. The summed E-state index contributed by atoms with van der Waals surface area (Å²) in [7, 11) is 0. The smallest absolute Gasteiger partial charge is 0.135 e. The third-order valence-corrected chi connectivity index (χ3v) is 14.2. The Balaban J connectivity index is 1.18. The molecule has 69 heavy (non-hydrogen) atoms. The summed E-state index contributed by atoms with van der Waals surface area (Å²) in [4.78, 5) is 0. The minimum Gasteiger partial charge on any atom is -0.508 e. The molecule has 1 fully saturated rings. The van der Waals surface area contributed by atoms with Crippen LogP contribution in [0.2, 0.25) is 0 Å². The molecular weight excluding hydrogens is 877 g/mol. The minimum atomic E-state index is -0.835. The average molecular weight is 923 g/mol. The lowest BCUT2D eigenvalue weighted by Gasteiger charge is -2.31. The number of aromatic hydroxyl groups is 10. The van der Waals surface area contributed by atoms with Crippen molar-refractivity contribution in [2.75, 3.05) is 0 Å². The number of phenolic OH excluding ortho intramolecular Hbond substituents is 10. The molecule has 0 amide bonds. The Kier molecular flexibility index (Phi) is 10.3. The van der Waals surface area contributed by atoms with Crippen LogP contribution in [0.5, 0.6) is 69.0 Å². The van der Waals surface area contributed by atoms with Gasteiger partial charge in [-0.3, -0.25) is 0 Å². The zero-order chi connectivity index (χ0) is 47.8. The van der Waals surface area contributed by atoms with E-state index in [9.17, 15) is 51.1 Å². The highest BCUT2D eigenvalue weighted by molar-refractivity contribution is 5.65. The summed E-state index contributed by atoms with van der Waals surface area (Å²) >= 11 is 0. The first kappa shape index (κ1) is 43.0. The first-order valence-electron chi connectivity index (χ1n) is 22.5. The molecule has 3 aliphatic rings. The van der Waals surface area contributed by atoms with E-state index in [4.69, 9.17) is 9.47 Å². The maximum absolute atomic E-state index is 11.8. The van der Waals surface area contributed by atoms with Crippen molar-refractivity contribution >= 4 is 0 Å². The molecule has 8 atom stereocenters. The van der Waals surface area contributed by atoms with Crippen LogP contribution in [0, 0.1) is 0 Å². The monoisotopic (exact) mass is 922 g/mol. The lowest BCUT2D eigenvalue weighted by molar-refractivity contribution is 0.219. The van der Waals surface area contributed by atoms with Gasteiger partial charge in [-0.15, -0.1) is 0 Å². The molecule has 12 heteroatoms. The van der Waals surface area contributed by atoms with E-state index in [2.05, 4.69) is 0 Å². The highest BCUT2D eigenvalue weighted by atomic mass is 16.5. The highest BCUT2D eigenvalue weighted by Crippen LogP contribution is 2.66. The van der Waals surface area contributed by atoms with E-state index in [0.29, 0.717) is 62.4 Å². The third kappa shape index (κ3) is 7.69. The Labute approximate surface area is 395 Å². The molecule has 8 aromatic carbocycles. The van der Waals surface area contributed by atoms with E-state index in [1.807, 2.05) is 24.3 Å². The number of rotatable bonds is 8. The van der Waals surface area contributed by atoms with Crippen molar-refractivity contribution in [3.63, 3.8) is 0 Å². The van der Waals surface area contributed by atoms with Crippen molar-refractivity contribution in [1.82, 2.24) is 0 Å². The average Bonchev–Trinajstić information content (AvgIpc) is 4.01. The van der Waals surface area contributed by atoms with Crippen LogP contribution in [-0.2, 0) is 0 Å². The second-order valence-electron chi connectivity index (χ2n) is 18.4. The first-order chi connectivity index (χ1) is 33.3. The SMILES string of the molecule is Oc1ccc([C@H]2[C@H](c3ccc(O)cc3)[C@H](c3cc(O)cc4c3[C@H](c3cc(O)cc5c3[C@@H](c3cc(O)cc(O)c3)[C@H](c3ccc(O)cc3)O5)[C@@H](c3ccc(O)cc3)O4)C[C@@H]2c2cc(O)cc(O)c2)cc1. The van der Waals surface area contributed by atoms with E-state index >= 15 is 0 Å². The number of fused-ring (bicyclic) bond motifs is 2. The van der Waals surface area contributed by atoms with Crippen molar-refractivity contribution in [3.8, 4) is 69.0 Å². The Hall–Kier alpha value is -8.64. The van der Waals surface area contributed by atoms with E-state index < -0.39 is 35.9 Å². The molecule has 2 aliphatic heterocycles. The predicted molar refractivity (Wildman–Crippen MR) is 254 cm³/mol. The maximum Gasteiger partial charge on any atom is 0.135 e. The fourth-order valence-corrected chi connectivity index (χ4v) is 11.5. The predicted octanol–water partition coefficient (Wildman–Crippen LogP) is 11.1. The fourth-order valence-electron chi connectivity index (χ4n) is 11.5. The molecule has 0 radical (unpaired) electrons. The number of ether oxygens (including phenoxy) is 2. The molecule has 0 unspecified atom stereocenters. The van der Waals surface area contributed by atoms with Gasteiger partial charge in [-0.2, -0.15) is 0 Å². The van der Waals surface area contributed by atoms with Gasteiger partial charge in [0.2, 0.25) is 0 Å². The van der Waals surface area contributed by atoms with Crippen LogP contribution in [0.15, 0.2) is 158 Å². The van der Waals surface area contributed by atoms with Crippen LogP contribution >= 0.6 is 0 Å². The summed E-state index contributed by atoms with van der Waals surface area (Å²) in [6, 6.07) is 42.4. The summed E-state index contributed by atoms with van der Waals surface area (Å²) in [5.74, 6) is -3.04. The van der Waals surface area contributed by atoms with E-state index in [0.717, 1.165) is 11.1 Å². The van der Waals surface area contributed by atoms with E-state index in [1.165, 1.54) is 18.2 Å². The molecular formula is C57H46O12. The second-order valence-corrected chi connectivity index (χ2v) is 18.4. The molecule has 346 valence electrons. The number of hydrogen-bond donors (Lipinski definition) is 10. The van der Waals surface area contributed by atoms with Gasteiger partial charge in [-0.05, 0) is 160 Å². The summed E-state index contributed by atoms with van der Waals surface area (Å²) in [6.45, 7) is 0. The zero-order valence-electron chi connectivity index (χ0n) is 36.6. The normalized spacial score (nSPS) is 22.4. The third-order valence-electron chi connectivity index (χ3n) is 14.2. The van der Waals surface area contributed by atoms with Gasteiger partial charge in [-0.25, -0.2) is 0 Å². The molecule has 8 aromatic rings. The van der Waals surface area contributed by atoms with E-state index in [1.54, 1.807) is 115 Å². The van der Waals surface area contributed by atoms with Gasteiger partial charge in [0.05, 0.1) is 11.8 Å². The van der Waals surface area contributed by atoms with Gasteiger partial charge in [-0.1, -0.05) is 48.5 Å². The van der Waals surface area contributed by atoms with Crippen LogP contribution in [0.4, 0.5) is 0 Å². The fraction of sp³-hybridized carbons (Fsp3) is 0.158. The molecule has 0 aromatic heterocycles. The van der Waals surface area contributed by atoms with E-state index in [-0.39, 0.29) is 69.3 Å². The molecule has 10 N–H and O–H groups in total. The van der Waals surface area contributed by atoms with Crippen molar-refractivity contribution in [2.24, 2.45) is 0 Å². The summed E-state index contributed by atoms with van der Waals surface area (Å²) in [5, 5.41) is 109. The lowest BCUT2D eigenvalue weighted by atomic mass is 9.71. The highest BCUT2D eigenvalue weighted by Gasteiger charge is 2.51. The first-order valence-corrected chi connectivity index (χ1v) is 22.5. The second kappa shape index (κ2) is 16.6. The van der Waals surface area contributed by atoms with Gasteiger partial charge >= 0.3 is 0 Å². The van der Waals surface area contributed by atoms with Crippen molar-refractivity contribution in [1.29, 1.82) is 0 Å². The van der Waals surface area contributed by atoms with Crippen molar-refractivity contribution in [3.05, 3.63) is 213 Å². The summed E-state index contributed by atoms with van der Waals surface area (Å²) in [5.41, 5.74) is 6.76. The minimum absolute atomic E-state index is 0.0308. The number of hydrogen-bond acceptors (Lipinski definition) is 12. The van der Waals surface area contributed by atoms with Gasteiger partial charge in [0, 0.05) is 35.4 Å². The van der Waals surface area contributed by atoms with Crippen LogP contribution < -0.4 is 9.47 Å². The van der Waals surface area contributed by atoms with Gasteiger partial charge in [0.25, 0.3) is 0 Å². The van der Waals surface area contributed by atoms with Crippen molar-refractivity contribution < 1.29 is 60.5 Å².